The Bertz CT molecular complexity index is 279. The van der Waals surface area contributed by atoms with E-state index in [1.807, 2.05) is 6.26 Å². The predicted molar refractivity (Wildman–Crippen MR) is 56.8 cm³/mol. The van der Waals surface area contributed by atoms with E-state index in [0.717, 1.165) is 0 Å². The third-order valence-electron chi connectivity index (χ3n) is 2.31. The van der Waals surface area contributed by atoms with E-state index in [1.165, 1.54) is 4.90 Å². The van der Waals surface area contributed by atoms with E-state index in [9.17, 15) is 9.59 Å². The highest BCUT2D eigenvalue weighted by Crippen LogP contribution is 2.32. The van der Waals surface area contributed by atoms with E-state index in [4.69, 9.17) is 9.84 Å². The maximum Gasteiger partial charge on any atom is 0.415 e. The van der Waals surface area contributed by atoms with Crippen LogP contribution in [0.1, 0.15) is 20.3 Å². The first-order valence-electron chi connectivity index (χ1n) is 4.64. The number of ether oxygens (including phenoxy) is 1. The molecule has 15 heavy (non-hydrogen) atoms. The van der Waals surface area contributed by atoms with Gasteiger partial charge in [-0.3, -0.25) is 4.90 Å². The molecular formula is C9H15NO4S. The van der Waals surface area contributed by atoms with Gasteiger partial charge in [0.25, 0.3) is 0 Å². The van der Waals surface area contributed by atoms with Gasteiger partial charge in [0.15, 0.2) is 5.72 Å². The summed E-state index contributed by atoms with van der Waals surface area (Å²) in [7, 11) is 0. The molecular weight excluding hydrogens is 218 g/mol. The molecule has 0 aromatic heterocycles. The molecule has 1 amide bonds. The van der Waals surface area contributed by atoms with Crippen molar-refractivity contribution in [3.8, 4) is 0 Å². The number of carboxylic acids is 1. The number of aliphatic carboxylic acids is 1. The van der Waals surface area contributed by atoms with Crippen molar-refractivity contribution in [2.75, 3.05) is 12.0 Å². The first-order valence-corrected chi connectivity index (χ1v) is 6.03. The van der Waals surface area contributed by atoms with Crippen molar-refractivity contribution in [1.29, 1.82) is 0 Å². The molecule has 0 spiro atoms. The quantitative estimate of drug-likeness (QED) is 0.777. The van der Waals surface area contributed by atoms with Gasteiger partial charge < -0.3 is 9.84 Å². The van der Waals surface area contributed by atoms with Crippen LogP contribution in [0, 0.1) is 0 Å². The summed E-state index contributed by atoms with van der Waals surface area (Å²) in [6.07, 6.45) is 1.79. The topological polar surface area (TPSA) is 66.8 Å². The molecule has 1 N–H and O–H groups in total. The second-order valence-corrected chi connectivity index (χ2v) is 4.81. The lowest BCUT2D eigenvalue weighted by Gasteiger charge is -2.49. The molecule has 1 aliphatic heterocycles. The van der Waals surface area contributed by atoms with E-state index in [0.29, 0.717) is 12.2 Å². The minimum Gasteiger partial charge on any atom is -0.480 e. The van der Waals surface area contributed by atoms with Crippen LogP contribution < -0.4 is 0 Å². The van der Waals surface area contributed by atoms with Crippen molar-refractivity contribution in [2.45, 2.75) is 32.0 Å². The third-order valence-corrected chi connectivity index (χ3v) is 2.95. The third kappa shape index (κ3) is 2.37. The molecule has 1 heterocycles. The molecule has 5 nitrogen and oxygen atoms in total. The molecule has 0 radical (unpaired) electrons. The highest BCUT2D eigenvalue weighted by molar-refractivity contribution is 7.98. The predicted octanol–water partition coefficient (Wildman–Crippen LogP) is 1.38. The first kappa shape index (κ1) is 12.2. The number of carbonyl (C=O) groups is 2. The lowest BCUT2D eigenvalue weighted by Crippen LogP contribution is -2.67. The Balaban J connectivity index is 2.71. The minimum atomic E-state index is -0.978. The van der Waals surface area contributed by atoms with Crippen molar-refractivity contribution < 1.29 is 19.4 Å². The molecule has 1 unspecified atom stereocenters. The molecule has 1 rings (SSSR count). The summed E-state index contributed by atoms with van der Waals surface area (Å²) >= 11 is 1.56. The Morgan fingerprint density at radius 3 is 2.60 bits per heavy atom. The largest absolute Gasteiger partial charge is 0.480 e. The molecule has 0 aliphatic carbocycles. The fourth-order valence-electron chi connectivity index (χ4n) is 1.59. The van der Waals surface area contributed by atoms with Crippen LogP contribution in [0.15, 0.2) is 0 Å². The van der Waals surface area contributed by atoms with Gasteiger partial charge in [0.05, 0.1) is 0 Å². The van der Waals surface area contributed by atoms with Crippen molar-refractivity contribution in [2.24, 2.45) is 0 Å². The van der Waals surface area contributed by atoms with Crippen LogP contribution in [0.2, 0.25) is 0 Å². The molecule has 0 bridgehead atoms. The monoisotopic (exact) mass is 233 g/mol. The van der Waals surface area contributed by atoms with E-state index in [1.54, 1.807) is 25.6 Å². The lowest BCUT2D eigenvalue weighted by atomic mass is 10.1. The molecule has 86 valence electrons. The first-order chi connectivity index (χ1) is 6.90. The smallest absolute Gasteiger partial charge is 0.415 e. The van der Waals surface area contributed by atoms with Crippen LogP contribution in [0.4, 0.5) is 4.79 Å². The lowest BCUT2D eigenvalue weighted by molar-refractivity contribution is -0.191. The molecule has 0 aromatic carbocycles. The van der Waals surface area contributed by atoms with Gasteiger partial charge in [-0.05, 0) is 32.3 Å². The average Bonchev–Trinajstić information content (AvgIpc) is 2.10. The molecule has 0 aromatic rings. The molecule has 0 saturated carbocycles. The summed E-state index contributed by atoms with van der Waals surface area (Å²) in [4.78, 5) is 23.5. The van der Waals surface area contributed by atoms with Gasteiger partial charge in [-0.1, -0.05) is 0 Å². The standard InChI is InChI=1S/C9H15NO4S/c1-9(2)10(8(13)14-9)6(7(11)12)4-5-15-3/h6H,4-5H2,1-3H3,(H,11,12). The fourth-order valence-corrected chi connectivity index (χ4v) is 2.05. The van der Waals surface area contributed by atoms with Crippen LogP contribution in [0.3, 0.4) is 0 Å². The van der Waals surface area contributed by atoms with Crippen LogP contribution in [-0.2, 0) is 9.53 Å². The SMILES string of the molecule is CSCCC(C(=O)O)N1C(=O)OC1(C)C. The Hall–Kier alpha value is -0.910. The van der Waals surface area contributed by atoms with Crippen molar-refractivity contribution in [3.63, 3.8) is 0 Å². The number of carbonyl (C=O) groups excluding carboxylic acids is 1. The van der Waals surface area contributed by atoms with E-state index >= 15 is 0 Å². The van der Waals surface area contributed by atoms with Crippen molar-refractivity contribution in [1.82, 2.24) is 4.90 Å². The number of carboxylic acid groups (broad SMARTS) is 1. The van der Waals surface area contributed by atoms with E-state index in [-0.39, 0.29) is 0 Å². The van der Waals surface area contributed by atoms with Gasteiger partial charge >= 0.3 is 12.1 Å². The Kier molecular flexibility index (Phi) is 3.49. The summed E-state index contributed by atoms with van der Waals surface area (Å²) in [5, 5.41) is 9.03. The second-order valence-electron chi connectivity index (χ2n) is 3.82. The molecule has 1 fully saturated rings. The van der Waals surface area contributed by atoms with Gasteiger partial charge in [0.2, 0.25) is 0 Å². The summed E-state index contributed by atoms with van der Waals surface area (Å²) in [6.45, 7) is 3.37. The van der Waals surface area contributed by atoms with Gasteiger partial charge in [0.1, 0.15) is 6.04 Å². The highest BCUT2D eigenvalue weighted by atomic mass is 32.2. The maximum atomic E-state index is 11.2. The number of thioether (sulfide) groups is 1. The second kappa shape index (κ2) is 4.30. The van der Waals surface area contributed by atoms with E-state index in [2.05, 4.69) is 0 Å². The zero-order valence-corrected chi connectivity index (χ0v) is 9.84. The molecule has 1 saturated heterocycles. The van der Waals surface area contributed by atoms with Crippen LogP contribution in [-0.4, -0.2) is 45.8 Å². The van der Waals surface area contributed by atoms with Crippen LogP contribution >= 0.6 is 11.8 Å². The van der Waals surface area contributed by atoms with Gasteiger partial charge in [-0.25, -0.2) is 9.59 Å². The Morgan fingerprint density at radius 2 is 2.27 bits per heavy atom. The van der Waals surface area contributed by atoms with Gasteiger partial charge in [-0.15, -0.1) is 0 Å². The number of rotatable bonds is 5. The Labute approximate surface area is 92.8 Å². The Morgan fingerprint density at radius 1 is 1.67 bits per heavy atom. The van der Waals surface area contributed by atoms with Crippen molar-refractivity contribution in [3.05, 3.63) is 0 Å². The summed E-state index contributed by atoms with van der Waals surface area (Å²) in [6, 6.07) is -0.784. The number of hydrogen-bond acceptors (Lipinski definition) is 4. The van der Waals surface area contributed by atoms with Crippen LogP contribution in [0.25, 0.3) is 0 Å². The zero-order chi connectivity index (χ0) is 11.6. The highest BCUT2D eigenvalue weighted by Gasteiger charge is 2.51. The van der Waals surface area contributed by atoms with Crippen molar-refractivity contribution >= 4 is 23.8 Å². The number of nitrogens with zero attached hydrogens (tertiary/aromatic N) is 1. The average molecular weight is 233 g/mol. The van der Waals surface area contributed by atoms with Crippen LogP contribution in [0.5, 0.6) is 0 Å². The molecule has 1 atom stereocenters. The summed E-state index contributed by atoms with van der Waals surface area (Å²) in [5.41, 5.74) is -0.793. The number of cyclic esters (lactones) is 1. The minimum absolute atomic E-state index is 0.440. The normalized spacial score (nSPS) is 20.5. The fraction of sp³-hybridized carbons (Fsp3) is 0.778. The van der Waals surface area contributed by atoms with E-state index < -0.39 is 23.8 Å². The van der Waals surface area contributed by atoms with Gasteiger partial charge in [-0.2, -0.15) is 11.8 Å². The molecule has 6 heteroatoms. The zero-order valence-electron chi connectivity index (χ0n) is 9.02. The maximum absolute atomic E-state index is 11.2. The summed E-state index contributed by atoms with van der Waals surface area (Å²) in [5.74, 6) is -0.273. The number of hydrogen-bond donors (Lipinski definition) is 1. The molecule has 1 aliphatic rings. The van der Waals surface area contributed by atoms with Gasteiger partial charge in [0, 0.05) is 0 Å². The summed E-state index contributed by atoms with van der Waals surface area (Å²) < 4.78 is 4.87. The number of amides is 1.